The fraction of sp³-hybridized carbons (Fsp3) is 0.364. The summed E-state index contributed by atoms with van der Waals surface area (Å²) in [5.41, 5.74) is 8.81. The van der Waals surface area contributed by atoms with Crippen LogP contribution in [0.1, 0.15) is 29.2 Å². The third kappa shape index (κ3) is 3.04. The molecule has 0 aliphatic heterocycles. The summed E-state index contributed by atoms with van der Waals surface area (Å²) >= 11 is 3.46. The van der Waals surface area contributed by atoms with Crippen LogP contribution in [-0.4, -0.2) is 11.1 Å². The van der Waals surface area contributed by atoms with Crippen LogP contribution < -0.4 is 5.73 Å². The summed E-state index contributed by atoms with van der Waals surface area (Å²) in [6, 6.07) is 3.41. The number of carboxylic acids is 1. The monoisotopic (exact) mass is 271 g/mol. The highest BCUT2D eigenvalue weighted by Gasteiger charge is 2.12. The second-order valence-corrected chi connectivity index (χ2v) is 4.47. The van der Waals surface area contributed by atoms with Gasteiger partial charge >= 0.3 is 5.97 Å². The maximum atomic E-state index is 10.5. The largest absolute Gasteiger partial charge is 0.481 e. The zero-order chi connectivity index (χ0) is 11.6. The van der Waals surface area contributed by atoms with Crippen molar-refractivity contribution in [3.63, 3.8) is 0 Å². The molecule has 0 aliphatic rings. The number of carbonyl (C=O) groups is 1. The standard InChI is InChI=1S/C11H14BrNO2/c1-6-3-8(4-7(2)11(6)12)9(13)5-10(14)15/h3-4,9H,5,13H2,1-2H3,(H,14,15). The van der Waals surface area contributed by atoms with Gasteiger partial charge in [-0.2, -0.15) is 0 Å². The Morgan fingerprint density at radius 1 is 1.47 bits per heavy atom. The lowest BCUT2D eigenvalue weighted by Gasteiger charge is -2.13. The van der Waals surface area contributed by atoms with Crippen molar-refractivity contribution in [2.75, 3.05) is 0 Å². The van der Waals surface area contributed by atoms with Crippen LogP contribution in [0, 0.1) is 13.8 Å². The van der Waals surface area contributed by atoms with E-state index in [9.17, 15) is 4.79 Å². The van der Waals surface area contributed by atoms with Gasteiger partial charge in [-0.15, -0.1) is 0 Å². The van der Waals surface area contributed by atoms with E-state index >= 15 is 0 Å². The summed E-state index contributed by atoms with van der Waals surface area (Å²) in [6.07, 6.45) is -0.0412. The quantitative estimate of drug-likeness (QED) is 0.888. The molecule has 0 spiro atoms. The van der Waals surface area contributed by atoms with Crippen molar-refractivity contribution in [1.29, 1.82) is 0 Å². The fourth-order valence-electron chi connectivity index (χ4n) is 1.50. The molecule has 3 N–H and O–H groups in total. The Balaban J connectivity index is 3.00. The van der Waals surface area contributed by atoms with E-state index in [1.54, 1.807) is 0 Å². The van der Waals surface area contributed by atoms with E-state index in [4.69, 9.17) is 10.8 Å². The highest BCUT2D eigenvalue weighted by atomic mass is 79.9. The highest BCUT2D eigenvalue weighted by molar-refractivity contribution is 9.10. The number of carboxylic acid groups (broad SMARTS) is 1. The first-order valence-corrected chi connectivity index (χ1v) is 5.45. The number of hydrogen-bond donors (Lipinski definition) is 2. The number of benzene rings is 1. The minimum Gasteiger partial charge on any atom is -0.481 e. The molecule has 0 aromatic heterocycles. The fourth-order valence-corrected chi connectivity index (χ4v) is 1.73. The smallest absolute Gasteiger partial charge is 0.305 e. The molecule has 0 radical (unpaired) electrons. The van der Waals surface area contributed by atoms with Crippen LogP contribution >= 0.6 is 15.9 Å². The molecule has 0 bridgehead atoms. The van der Waals surface area contributed by atoms with Gasteiger partial charge in [-0.25, -0.2) is 0 Å². The van der Waals surface area contributed by atoms with Crippen LogP contribution in [0.4, 0.5) is 0 Å². The zero-order valence-electron chi connectivity index (χ0n) is 8.75. The molecule has 1 aromatic carbocycles. The summed E-state index contributed by atoms with van der Waals surface area (Å²) in [4.78, 5) is 10.5. The van der Waals surface area contributed by atoms with Gasteiger partial charge in [-0.3, -0.25) is 4.79 Å². The van der Waals surface area contributed by atoms with Crippen molar-refractivity contribution in [1.82, 2.24) is 0 Å². The molecule has 4 heteroatoms. The van der Waals surface area contributed by atoms with Gasteiger partial charge in [0, 0.05) is 10.5 Å². The van der Waals surface area contributed by atoms with Crippen molar-refractivity contribution >= 4 is 21.9 Å². The van der Waals surface area contributed by atoms with Crippen LogP contribution in [0.2, 0.25) is 0 Å². The van der Waals surface area contributed by atoms with Crippen LogP contribution in [-0.2, 0) is 4.79 Å². The molecular formula is C11H14BrNO2. The summed E-state index contributed by atoms with van der Waals surface area (Å²) in [5.74, 6) is -0.874. The molecule has 1 rings (SSSR count). The van der Waals surface area contributed by atoms with E-state index in [0.29, 0.717) is 0 Å². The third-order valence-corrected chi connectivity index (χ3v) is 3.53. The summed E-state index contributed by atoms with van der Waals surface area (Å²) < 4.78 is 1.05. The number of aryl methyl sites for hydroxylation is 2. The van der Waals surface area contributed by atoms with E-state index in [1.165, 1.54) is 0 Å². The van der Waals surface area contributed by atoms with Gasteiger partial charge < -0.3 is 10.8 Å². The molecule has 1 atom stereocenters. The lowest BCUT2D eigenvalue weighted by molar-refractivity contribution is -0.137. The summed E-state index contributed by atoms with van der Waals surface area (Å²) in [6.45, 7) is 3.93. The number of hydrogen-bond acceptors (Lipinski definition) is 2. The second kappa shape index (κ2) is 4.77. The SMILES string of the molecule is Cc1cc(C(N)CC(=O)O)cc(C)c1Br. The Labute approximate surface area is 97.4 Å². The van der Waals surface area contributed by atoms with E-state index in [2.05, 4.69) is 15.9 Å². The van der Waals surface area contributed by atoms with Crippen LogP contribution in [0.3, 0.4) is 0 Å². The number of aliphatic carboxylic acids is 1. The zero-order valence-corrected chi connectivity index (χ0v) is 10.3. The van der Waals surface area contributed by atoms with Crippen LogP contribution in [0.5, 0.6) is 0 Å². The van der Waals surface area contributed by atoms with Crippen molar-refractivity contribution in [2.45, 2.75) is 26.3 Å². The first kappa shape index (κ1) is 12.2. The minimum absolute atomic E-state index is 0.0412. The highest BCUT2D eigenvalue weighted by Crippen LogP contribution is 2.25. The molecular weight excluding hydrogens is 258 g/mol. The lowest BCUT2D eigenvalue weighted by Crippen LogP contribution is -2.15. The van der Waals surface area contributed by atoms with E-state index in [0.717, 1.165) is 21.2 Å². The lowest BCUT2D eigenvalue weighted by atomic mass is 10.00. The number of rotatable bonds is 3. The average molecular weight is 272 g/mol. The maximum Gasteiger partial charge on any atom is 0.305 e. The molecule has 0 aliphatic carbocycles. The van der Waals surface area contributed by atoms with Gasteiger partial charge in [-0.05, 0) is 30.5 Å². The molecule has 1 aromatic rings. The summed E-state index contributed by atoms with van der Waals surface area (Å²) in [7, 11) is 0. The molecule has 0 saturated heterocycles. The Hall–Kier alpha value is -0.870. The van der Waals surface area contributed by atoms with Crippen molar-refractivity contribution in [3.8, 4) is 0 Å². The minimum atomic E-state index is -0.874. The van der Waals surface area contributed by atoms with Gasteiger partial charge in [0.25, 0.3) is 0 Å². The predicted molar refractivity (Wildman–Crippen MR) is 62.8 cm³/mol. The normalized spacial score (nSPS) is 12.5. The molecule has 15 heavy (non-hydrogen) atoms. The van der Waals surface area contributed by atoms with Crippen molar-refractivity contribution < 1.29 is 9.90 Å². The molecule has 1 unspecified atom stereocenters. The second-order valence-electron chi connectivity index (χ2n) is 3.67. The molecule has 0 amide bonds. The molecule has 82 valence electrons. The van der Waals surface area contributed by atoms with Gasteiger partial charge in [0.1, 0.15) is 0 Å². The Kier molecular flexibility index (Phi) is 3.88. The predicted octanol–water partition coefficient (Wildman–Crippen LogP) is 2.54. The Morgan fingerprint density at radius 2 is 1.93 bits per heavy atom. The molecule has 0 fully saturated rings. The van der Waals surface area contributed by atoms with Crippen molar-refractivity contribution in [3.05, 3.63) is 33.3 Å². The van der Waals surface area contributed by atoms with E-state index < -0.39 is 12.0 Å². The summed E-state index contributed by atoms with van der Waals surface area (Å²) in [5, 5.41) is 8.65. The van der Waals surface area contributed by atoms with Crippen LogP contribution in [0.25, 0.3) is 0 Å². The number of halogens is 1. The molecule has 3 nitrogen and oxygen atoms in total. The Morgan fingerprint density at radius 3 is 2.33 bits per heavy atom. The third-order valence-electron chi connectivity index (χ3n) is 2.28. The number of nitrogens with two attached hydrogens (primary N) is 1. The topological polar surface area (TPSA) is 63.3 Å². The molecule has 0 saturated carbocycles. The van der Waals surface area contributed by atoms with Gasteiger partial charge in [0.2, 0.25) is 0 Å². The molecule has 0 heterocycles. The average Bonchev–Trinajstić information content (AvgIpc) is 2.12. The van der Waals surface area contributed by atoms with Gasteiger partial charge in [0.05, 0.1) is 6.42 Å². The first-order valence-electron chi connectivity index (χ1n) is 4.66. The first-order chi connectivity index (χ1) is 6.91. The Bertz CT molecular complexity index is 367. The van der Waals surface area contributed by atoms with E-state index in [1.807, 2.05) is 26.0 Å². The van der Waals surface area contributed by atoms with Crippen LogP contribution in [0.15, 0.2) is 16.6 Å². The maximum absolute atomic E-state index is 10.5. The van der Waals surface area contributed by atoms with E-state index in [-0.39, 0.29) is 6.42 Å². The van der Waals surface area contributed by atoms with Crippen molar-refractivity contribution in [2.24, 2.45) is 5.73 Å². The van der Waals surface area contributed by atoms with Gasteiger partial charge in [0.15, 0.2) is 0 Å². The van der Waals surface area contributed by atoms with Gasteiger partial charge in [-0.1, -0.05) is 28.1 Å².